The Kier molecular flexibility index (Phi) is 3.01. The predicted molar refractivity (Wildman–Crippen MR) is 68.1 cm³/mol. The van der Waals surface area contributed by atoms with Gasteiger partial charge in [-0.05, 0) is 36.8 Å². The number of aryl methyl sites for hydroxylation is 1. The molecule has 0 spiro atoms. The van der Waals surface area contributed by atoms with E-state index in [0.717, 1.165) is 16.9 Å². The summed E-state index contributed by atoms with van der Waals surface area (Å²) in [5.74, 6) is 0. The Balaban J connectivity index is 2.14. The molecule has 0 bridgehead atoms. The number of rotatable bonds is 3. The molecule has 2 aromatic rings. The van der Waals surface area contributed by atoms with Gasteiger partial charge in [-0.1, -0.05) is 18.7 Å². The summed E-state index contributed by atoms with van der Waals surface area (Å²) in [5.41, 5.74) is 4.14. The lowest BCUT2D eigenvalue weighted by atomic mass is 10.2. The summed E-state index contributed by atoms with van der Waals surface area (Å²) in [6.45, 7) is 6.07. The van der Waals surface area contributed by atoms with Crippen molar-refractivity contribution < 1.29 is 0 Å². The van der Waals surface area contributed by atoms with Crippen LogP contribution < -0.4 is 5.32 Å². The van der Waals surface area contributed by atoms with Crippen molar-refractivity contribution in [1.82, 2.24) is 4.98 Å². The van der Waals surface area contributed by atoms with E-state index in [4.69, 9.17) is 0 Å². The Bertz CT molecular complexity index is 489. The molecule has 0 saturated heterocycles. The van der Waals surface area contributed by atoms with Gasteiger partial charge in [-0.2, -0.15) is 0 Å². The minimum absolute atomic E-state index is 0.860. The molecule has 2 heteroatoms. The highest BCUT2D eigenvalue weighted by atomic mass is 14.9. The topological polar surface area (TPSA) is 24.9 Å². The quantitative estimate of drug-likeness (QED) is 0.839. The molecule has 0 unspecified atom stereocenters. The van der Waals surface area contributed by atoms with Gasteiger partial charge in [0.2, 0.25) is 0 Å². The second-order valence-corrected chi connectivity index (χ2v) is 3.71. The van der Waals surface area contributed by atoms with Crippen molar-refractivity contribution >= 4 is 11.4 Å². The molecule has 0 radical (unpaired) electrons. The van der Waals surface area contributed by atoms with Crippen molar-refractivity contribution in [1.29, 1.82) is 0 Å². The minimum atomic E-state index is 0.860. The van der Waals surface area contributed by atoms with Crippen molar-refractivity contribution in [2.45, 2.75) is 6.92 Å². The van der Waals surface area contributed by atoms with E-state index in [0.29, 0.717) is 0 Å². The van der Waals surface area contributed by atoms with Gasteiger partial charge in [0.1, 0.15) is 0 Å². The number of pyridine rings is 1. The molecule has 80 valence electrons. The van der Waals surface area contributed by atoms with E-state index in [1.54, 1.807) is 12.4 Å². The average Bonchev–Trinajstić information content (AvgIpc) is 2.30. The molecule has 0 aliphatic carbocycles. The van der Waals surface area contributed by atoms with Crippen LogP contribution in [-0.2, 0) is 0 Å². The summed E-state index contributed by atoms with van der Waals surface area (Å²) in [7, 11) is 0. The zero-order valence-electron chi connectivity index (χ0n) is 9.27. The van der Waals surface area contributed by atoms with Crippen molar-refractivity contribution in [2.24, 2.45) is 0 Å². The number of hydrogen-bond donors (Lipinski definition) is 1. The first-order valence-corrected chi connectivity index (χ1v) is 5.19. The van der Waals surface area contributed by atoms with E-state index in [1.807, 2.05) is 24.3 Å². The van der Waals surface area contributed by atoms with Gasteiger partial charge in [0, 0.05) is 29.3 Å². The second-order valence-electron chi connectivity index (χ2n) is 3.71. The fourth-order valence-electron chi connectivity index (χ4n) is 1.51. The van der Waals surface area contributed by atoms with Crippen LogP contribution in [0.1, 0.15) is 11.1 Å². The highest BCUT2D eigenvalue weighted by Gasteiger charge is 1.98. The zero-order valence-corrected chi connectivity index (χ0v) is 9.27. The van der Waals surface area contributed by atoms with Crippen LogP contribution in [0.5, 0.6) is 0 Å². The van der Waals surface area contributed by atoms with Gasteiger partial charge < -0.3 is 5.32 Å². The van der Waals surface area contributed by atoms with E-state index < -0.39 is 0 Å². The van der Waals surface area contributed by atoms with Gasteiger partial charge in [-0.25, -0.2) is 0 Å². The lowest BCUT2D eigenvalue weighted by Crippen LogP contribution is -1.97. The highest BCUT2D eigenvalue weighted by Crippen LogP contribution is 2.16. The number of benzene rings is 1. The summed E-state index contributed by atoms with van der Waals surface area (Å²) in [5, 5.41) is 3.26. The lowest BCUT2D eigenvalue weighted by molar-refractivity contribution is 1.30. The van der Waals surface area contributed by atoms with E-state index in [1.165, 1.54) is 5.56 Å². The second kappa shape index (κ2) is 4.62. The molecule has 1 N–H and O–H groups in total. The van der Waals surface area contributed by atoms with Crippen LogP contribution in [-0.4, -0.2) is 4.98 Å². The standard InChI is InChI=1S/C14H14N2/c1-11-5-3-7-14(9-11)16-12(2)13-6-4-8-15-10-13/h3-10,16H,2H2,1H3. The van der Waals surface area contributed by atoms with Crippen molar-refractivity contribution in [2.75, 3.05) is 5.32 Å². The van der Waals surface area contributed by atoms with Gasteiger partial charge in [-0.15, -0.1) is 0 Å². The first-order valence-electron chi connectivity index (χ1n) is 5.19. The monoisotopic (exact) mass is 210 g/mol. The number of nitrogens with zero attached hydrogens (tertiary/aromatic N) is 1. The van der Waals surface area contributed by atoms with E-state index in [-0.39, 0.29) is 0 Å². The summed E-state index contributed by atoms with van der Waals surface area (Å²) in [6, 6.07) is 12.1. The minimum Gasteiger partial charge on any atom is -0.355 e. The van der Waals surface area contributed by atoms with Crippen LogP contribution >= 0.6 is 0 Å². The van der Waals surface area contributed by atoms with Crippen LogP contribution in [0, 0.1) is 6.92 Å². The zero-order chi connectivity index (χ0) is 11.4. The van der Waals surface area contributed by atoms with Gasteiger partial charge in [0.05, 0.1) is 0 Å². The molecule has 0 amide bonds. The molecule has 0 atom stereocenters. The van der Waals surface area contributed by atoms with Crippen LogP contribution in [0.25, 0.3) is 5.70 Å². The Labute approximate surface area is 95.7 Å². The van der Waals surface area contributed by atoms with Crippen molar-refractivity contribution in [3.8, 4) is 0 Å². The fourth-order valence-corrected chi connectivity index (χ4v) is 1.51. The van der Waals surface area contributed by atoms with Gasteiger partial charge in [-0.3, -0.25) is 4.98 Å². The fraction of sp³-hybridized carbons (Fsp3) is 0.0714. The normalized spacial score (nSPS) is 9.81. The summed E-state index contributed by atoms with van der Waals surface area (Å²) in [6.07, 6.45) is 3.55. The smallest absolute Gasteiger partial charge is 0.0400 e. The van der Waals surface area contributed by atoms with Gasteiger partial charge in [0.25, 0.3) is 0 Å². The van der Waals surface area contributed by atoms with Crippen molar-refractivity contribution in [3.63, 3.8) is 0 Å². The summed E-state index contributed by atoms with van der Waals surface area (Å²) < 4.78 is 0. The molecular weight excluding hydrogens is 196 g/mol. The Morgan fingerprint density at radius 2 is 2.12 bits per heavy atom. The predicted octanol–water partition coefficient (Wildman–Crippen LogP) is 3.47. The molecular formula is C14H14N2. The van der Waals surface area contributed by atoms with E-state index in [9.17, 15) is 0 Å². The SMILES string of the molecule is C=C(Nc1cccc(C)c1)c1cccnc1. The molecule has 0 saturated carbocycles. The number of aromatic nitrogens is 1. The molecule has 1 heterocycles. The molecule has 1 aromatic heterocycles. The number of anilines is 1. The van der Waals surface area contributed by atoms with E-state index in [2.05, 4.69) is 35.9 Å². The van der Waals surface area contributed by atoms with Crippen LogP contribution in [0.2, 0.25) is 0 Å². The van der Waals surface area contributed by atoms with Crippen molar-refractivity contribution in [3.05, 3.63) is 66.5 Å². The molecule has 0 fully saturated rings. The average molecular weight is 210 g/mol. The maximum atomic E-state index is 4.06. The Morgan fingerprint density at radius 3 is 2.81 bits per heavy atom. The summed E-state index contributed by atoms with van der Waals surface area (Å²) in [4.78, 5) is 4.06. The lowest BCUT2D eigenvalue weighted by Gasteiger charge is -2.09. The molecule has 16 heavy (non-hydrogen) atoms. The molecule has 2 nitrogen and oxygen atoms in total. The number of nitrogens with one attached hydrogen (secondary N) is 1. The maximum absolute atomic E-state index is 4.06. The number of hydrogen-bond acceptors (Lipinski definition) is 2. The van der Waals surface area contributed by atoms with Crippen LogP contribution in [0.15, 0.2) is 55.4 Å². The molecule has 0 aliphatic rings. The highest BCUT2D eigenvalue weighted by molar-refractivity contribution is 5.74. The molecule has 2 rings (SSSR count). The van der Waals surface area contributed by atoms with Crippen LogP contribution in [0.4, 0.5) is 5.69 Å². The van der Waals surface area contributed by atoms with E-state index >= 15 is 0 Å². The van der Waals surface area contributed by atoms with Crippen LogP contribution in [0.3, 0.4) is 0 Å². The Hall–Kier alpha value is -2.09. The first kappa shape index (κ1) is 10.4. The largest absolute Gasteiger partial charge is 0.355 e. The third-order valence-electron chi connectivity index (χ3n) is 2.32. The first-order chi connectivity index (χ1) is 7.75. The van der Waals surface area contributed by atoms with Gasteiger partial charge in [0.15, 0.2) is 0 Å². The third-order valence-corrected chi connectivity index (χ3v) is 2.32. The molecule has 1 aromatic carbocycles. The van der Waals surface area contributed by atoms with Gasteiger partial charge >= 0.3 is 0 Å². The maximum Gasteiger partial charge on any atom is 0.0400 e. The third kappa shape index (κ3) is 2.48. The molecule has 0 aliphatic heterocycles. The summed E-state index contributed by atoms with van der Waals surface area (Å²) >= 11 is 0. The Morgan fingerprint density at radius 1 is 1.25 bits per heavy atom.